The molecular weight excluding hydrogens is 699 g/mol. The van der Waals surface area contributed by atoms with E-state index in [2.05, 4.69) is 25.5 Å². The van der Waals surface area contributed by atoms with Gasteiger partial charge < -0.3 is 15.7 Å². The molecule has 4 heterocycles. The number of amides is 2. The Balaban J connectivity index is 0.977. The first-order chi connectivity index (χ1) is 25.2. The summed E-state index contributed by atoms with van der Waals surface area (Å²) in [4.78, 5) is 52.3. The Morgan fingerprint density at radius 2 is 1.44 bits per heavy atom. The molecule has 0 bridgehead atoms. The third-order valence-corrected chi connectivity index (χ3v) is 11.6. The molecule has 0 radical (unpaired) electrons. The first kappa shape index (κ1) is 34.7. The van der Waals surface area contributed by atoms with Crippen molar-refractivity contribution in [3.05, 3.63) is 105 Å². The van der Waals surface area contributed by atoms with Crippen LogP contribution < -0.4 is 10.6 Å². The van der Waals surface area contributed by atoms with Gasteiger partial charge >= 0.3 is 5.97 Å². The van der Waals surface area contributed by atoms with E-state index in [0.29, 0.717) is 63.2 Å². The number of rotatable bonds is 10. The molecule has 1 atom stereocenters. The van der Waals surface area contributed by atoms with Gasteiger partial charge in [0, 0.05) is 49.2 Å². The molecule has 2 aromatic carbocycles. The highest BCUT2D eigenvalue weighted by molar-refractivity contribution is 6.40. The van der Waals surface area contributed by atoms with E-state index in [4.69, 9.17) is 23.2 Å². The number of aromatic nitrogens is 2. The molecule has 3 N–H and O–H groups in total. The number of aliphatic carboxylic acids is 1. The summed E-state index contributed by atoms with van der Waals surface area (Å²) in [5.74, 6) is -1.21. The van der Waals surface area contributed by atoms with Gasteiger partial charge in [-0.25, -0.2) is 0 Å². The Morgan fingerprint density at radius 1 is 0.788 bits per heavy atom. The van der Waals surface area contributed by atoms with Gasteiger partial charge in [0.25, 0.3) is 11.8 Å². The number of piperidine rings is 1. The Kier molecular flexibility index (Phi) is 9.74. The van der Waals surface area contributed by atoms with Gasteiger partial charge in [0.15, 0.2) is 0 Å². The number of carboxylic acids is 1. The number of hydrogen-bond acceptors (Lipinski definition) is 7. The van der Waals surface area contributed by atoms with Crippen LogP contribution in [0.5, 0.6) is 0 Å². The molecule has 1 saturated heterocycles. The van der Waals surface area contributed by atoms with Crippen LogP contribution in [0.1, 0.15) is 94.1 Å². The second-order valence-electron chi connectivity index (χ2n) is 14.4. The van der Waals surface area contributed by atoms with Crippen molar-refractivity contribution in [2.45, 2.75) is 82.5 Å². The number of hydrogen-bond donors (Lipinski definition) is 3. The van der Waals surface area contributed by atoms with Crippen LogP contribution in [-0.2, 0) is 24.3 Å². The van der Waals surface area contributed by atoms with Gasteiger partial charge in [0.05, 0.1) is 21.4 Å². The van der Waals surface area contributed by atoms with Gasteiger partial charge in [0.1, 0.15) is 17.4 Å². The summed E-state index contributed by atoms with van der Waals surface area (Å²) in [5, 5.41) is 16.2. The van der Waals surface area contributed by atoms with E-state index in [0.717, 1.165) is 68.4 Å². The molecule has 10 nitrogen and oxygen atoms in total. The van der Waals surface area contributed by atoms with E-state index < -0.39 is 17.9 Å². The Labute approximate surface area is 312 Å². The summed E-state index contributed by atoms with van der Waals surface area (Å²) in [6.45, 7) is 3.09. The fraction of sp³-hybridized carbons (Fsp3) is 0.375. The van der Waals surface area contributed by atoms with E-state index in [1.165, 1.54) is 18.4 Å². The van der Waals surface area contributed by atoms with Crippen LogP contribution >= 0.6 is 23.2 Å². The van der Waals surface area contributed by atoms with Crippen molar-refractivity contribution in [1.29, 1.82) is 0 Å². The molecule has 3 fully saturated rings. The third-order valence-electron chi connectivity index (χ3n) is 10.7. The molecule has 268 valence electrons. The van der Waals surface area contributed by atoms with Crippen LogP contribution in [0, 0.1) is 0 Å². The predicted molar refractivity (Wildman–Crippen MR) is 201 cm³/mol. The second-order valence-corrected chi connectivity index (χ2v) is 15.2. The van der Waals surface area contributed by atoms with Crippen molar-refractivity contribution in [2.24, 2.45) is 0 Å². The molecule has 0 unspecified atom stereocenters. The molecule has 2 amide bonds. The number of benzene rings is 2. The summed E-state index contributed by atoms with van der Waals surface area (Å²) in [5.41, 5.74) is 6.95. The maximum Gasteiger partial charge on any atom is 0.320 e. The topological polar surface area (TPSA) is 128 Å². The zero-order chi connectivity index (χ0) is 35.9. The maximum absolute atomic E-state index is 13.6. The Morgan fingerprint density at radius 3 is 2.08 bits per heavy atom. The fourth-order valence-corrected chi connectivity index (χ4v) is 8.14. The summed E-state index contributed by atoms with van der Waals surface area (Å²) >= 11 is 13.8. The van der Waals surface area contributed by atoms with Gasteiger partial charge in [-0.2, -0.15) is 0 Å². The number of fused-ring (bicyclic) bond motifs is 1. The molecule has 2 saturated carbocycles. The quantitative estimate of drug-likeness (QED) is 0.151. The first-order valence-electron chi connectivity index (χ1n) is 18.1. The van der Waals surface area contributed by atoms with Crippen LogP contribution in [-0.4, -0.2) is 67.8 Å². The van der Waals surface area contributed by atoms with Crippen LogP contribution in [0.15, 0.2) is 60.9 Å². The van der Waals surface area contributed by atoms with E-state index in [9.17, 15) is 19.5 Å². The lowest BCUT2D eigenvalue weighted by molar-refractivity contribution is -0.144. The van der Waals surface area contributed by atoms with E-state index in [1.54, 1.807) is 30.5 Å². The fourth-order valence-electron chi connectivity index (χ4n) is 7.59. The molecule has 4 aliphatic rings. The minimum absolute atomic E-state index is 0.263. The molecule has 4 aromatic rings. The molecule has 2 aliphatic carbocycles. The Hall–Kier alpha value is -4.35. The number of nitrogens with one attached hydrogen (secondary N) is 2. The normalized spacial score (nSPS) is 19.2. The van der Waals surface area contributed by atoms with Crippen LogP contribution in [0.3, 0.4) is 0 Å². The van der Waals surface area contributed by atoms with Crippen molar-refractivity contribution in [2.75, 3.05) is 23.7 Å². The molecule has 52 heavy (non-hydrogen) atoms. The molecule has 2 aliphatic heterocycles. The minimum Gasteiger partial charge on any atom is -0.480 e. The number of nitrogens with zero attached hydrogens (tertiary/aromatic N) is 4. The number of carbonyl (C=O) groups is 3. The van der Waals surface area contributed by atoms with Crippen LogP contribution in [0.2, 0.25) is 10.0 Å². The number of anilines is 2. The van der Waals surface area contributed by atoms with E-state index >= 15 is 0 Å². The van der Waals surface area contributed by atoms with Gasteiger partial charge in [-0.3, -0.25) is 34.2 Å². The number of carboxylic acid groups (broad SMARTS) is 1. The Bertz CT molecular complexity index is 2070. The number of carbonyl (C=O) groups excluding carboxylic acids is 2. The average molecular weight is 740 g/mol. The number of halogens is 2. The molecule has 8 rings (SSSR count). The lowest BCUT2D eigenvalue weighted by atomic mass is 9.99. The van der Waals surface area contributed by atoms with Gasteiger partial charge in [-0.05, 0) is 104 Å². The lowest BCUT2D eigenvalue weighted by Crippen LogP contribution is -2.44. The average Bonchev–Trinajstić information content (AvgIpc) is 4.08. The largest absolute Gasteiger partial charge is 0.480 e. The second kappa shape index (κ2) is 14.6. The smallest absolute Gasteiger partial charge is 0.320 e. The molecule has 0 spiro atoms. The van der Waals surface area contributed by atoms with Crippen molar-refractivity contribution < 1.29 is 19.5 Å². The van der Waals surface area contributed by atoms with E-state index in [1.807, 2.05) is 35.4 Å². The van der Waals surface area contributed by atoms with Crippen molar-refractivity contribution >= 4 is 52.4 Å². The minimum atomic E-state index is -0.795. The van der Waals surface area contributed by atoms with E-state index in [-0.39, 0.29) is 11.6 Å². The summed E-state index contributed by atoms with van der Waals surface area (Å²) < 4.78 is 0. The van der Waals surface area contributed by atoms with Gasteiger partial charge in [-0.15, -0.1) is 0 Å². The molecular formula is C40H40Cl2N6O4. The van der Waals surface area contributed by atoms with Crippen LogP contribution in [0.25, 0.3) is 11.1 Å². The molecule has 2 aromatic heterocycles. The van der Waals surface area contributed by atoms with Crippen molar-refractivity contribution in [1.82, 2.24) is 19.8 Å². The zero-order valence-electron chi connectivity index (χ0n) is 28.7. The third kappa shape index (κ3) is 7.30. The summed E-state index contributed by atoms with van der Waals surface area (Å²) in [7, 11) is 0. The maximum atomic E-state index is 13.6. The summed E-state index contributed by atoms with van der Waals surface area (Å²) in [6, 6.07) is 14.5. The van der Waals surface area contributed by atoms with Gasteiger partial charge in [0.2, 0.25) is 0 Å². The van der Waals surface area contributed by atoms with Crippen LogP contribution in [0.4, 0.5) is 11.4 Å². The van der Waals surface area contributed by atoms with Gasteiger partial charge in [-0.1, -0.05) is 53.9 Å². The van der Waals surface area contributed by atoms with Crippen molar-refractivity contribution in [3.8, 4) is 11.1 Å². The first-order valence-corrected chi connectivity index (χ1v) is 18.9. The molecule has 12 heteroatoms. The number of likely N-dealkylation sites (tertiary alicyclic amines) is 1. The highest BCUT2D eigenvalue weighted by atomic mass is 35.5. The summed E-state index contributed by atoms with van der Waals surface area (Å²) in [6.07, 6.45) is 11.5. The van der Waals surface area contributed by atoms with Crippen molar-refractivity contribution in [3.63, 3.8) is 0 Å². The lowest BCUT2D eigenvalue weighted by Gasteiger charge is -2.33. The zero-order valence-corrected chi connectivity index (χ0v) is 30.2. The predicted octanol–water partition coefficient (Wildman–Crippen LogP) is 7.79. The SMILES string of the molecule is O=C(Nc1cccc(-c2cccc(NC(=O)c3cc(C4CC4)c(CN4CCCC[C@H]4C(=O)O)cn3)c2Cl)c1Cl)c1cc2c(cn1)CN(C1CC1)CC2. The highest BCUT2D eigenvalue weighted by Crippen LogP contribution is 2.43. The number of pyridine rings is 2. The standard InChI is InChI=1S/C40H40Cl2N6O4/c41-36-28(5-3-7-31(36)45-38(49)33-17-24-14-16-47(27-12-13-27)21-25(24)19-43-33)29-6-4-8-32(37(29)42)46-39(50)34-18-30(23-10-11-23)26(20-44-34)22-48-15-2-1-9-35(48)40(51)52/h3-8,17-20,23,27,35H,1-2,9-16,21-22H2,(H,45,49)(H,46,50)(H,51,52)/t35-/m0/s1. The monoisotopic (exact) mass is 738 g/mol. The highest BCUT2D eigenvalue weighted by Gasteiger charge is 2.33.